The van der Waals surface area contributed by atoms with Gasteiger partial charge in [-0.3, -0.25) is 9.48 Å². The van der Waals surface area contributed by atoms with E-state index in [9.17, 15) is 4.79 Å². The number of nitrogens with one attached hydrogen (secondary N) is 1. The first-order valence-electron chi connectivity index (χ1n) is 7.53. The molecule has 0 bridgehead atoms. The summed E-state index contributed by atoms with van der Waals surface area (Å²) >= 11 is 0. The van der Waals surface area contributed by atoms with Crippen LogP contribution < -0.4 is 11.1 Å². The molecule has 5 nitrogen and oxygen atoms in total. The second-order valence-electron chi connectivity index (χ2n) is 5.90. The second kappa shape index (κ2) is 6.75. The molecule has 1 amide bonds. The smallest absolute Gasteiger partial charge is 0.254 e. The standard InChI is InChI=1S/C17H24N4O/c1-11(2)21-10-15(8-20-21)17(22)19-9-16-12(3)5-14(7-18)6-13(16)4/h5-6,8,10-11H,7,9,18H2,1-4H3,(H,19,22). The predicted octanol–water partition coefficient (Wildman–Crippen LogP) is 2.47. The molecular weight excluding hydrogens is 276 g/mol. The summed E-state index contributed by atoms with van der Waals surface area (Å²) < 4.78 is 1.78. The van der Waals surface area contributed by atoms with Gasteiger partial charge in [-0.2, -0.15) is 5.10 Å². The third-order valence-electron chi connectivity index (χ3n) is 3.81. The molecule has 0 atom stereocenters. The number of benzene rings is 1. The molecule has 0 fully saturated rings. The third-order valence-corrected chi connectivity index (χ3v) is 3.81. The van der Waals surface area contributed by atoms with Gasteiger partial charge in [-0.15, -0.1) is 0 Å². The van der Waals surface area contributed by atoms with Gasteiger partial charge in [0.15, 0.2) is 0 Å². The van der Waals surface area contributed by atoms with Crippen LogP contribution in [0.2, 0.25) is 0 Å². The van der Waals surface area contributed by atoms with Crippen molar-refractivity contribution >= 4 is 5.91 Å². The minimum Gasteiger partial charge on any atom is -0.348 e. The summed E-state index contributed by atoms with van der Waals surface area (Å²) in [7, 11) is 0. The molecule has 0 unspecified atom stereocenters. The number of hydrogen-bond acceptors (Lipinski definition) is 3. The fourth-order valence-corrected chi connectivity index (χ4v) is 2.49. The average Bonchev–Trinajstić information content (AvgIpc) is 2.96. The van der Waals surface area contributed by atoms with Crippen LogP contribution in [0.3, 0.4) is 0 Å². The molecule has 118 valence electrons. The first-order valence-corrected chi connectivity index (χ1v) is 7.53. The zero-order valence-corrected chi connectivity index (χ0v) is 13.7. The Balaban J connectivity index is 2.07. The van der Waals surface area contributed by atoms with E-state index in [0.717, 1.165) is 22.3 Å². The number of nitrogens with two attached hydrogens (primary N) is 1. The SMILES string of the molecule is Cc1cc(CN)cc(C)c1CNC(=O)c1cnn(C(C)C)c1. The lowest BCUT2D eigenvalue weighted by Crippen LogP contribution is -2.23. The number of carbonyl (C=O) groups is 1. The lowest BCUT2D eigenvalue weighted by Gasteiger charge is -2.13. The van der Waals surface area contributed by atoms with Gasteiger partial charge in [0.05, 0.1) is 11.8 Å². The summed E-state index contributed by atoms with van der Waals surface area (Å²) in [5.74, 6) is -0.103. The van der Waals surface area contributed by atoms with E-state index in [4.69, 9.17) is 5.73 Å². The molecule has 0 radical (unpaired) electrons. The minimum absolute atomic E-state index is 0.103. The number of aromatic nitrogens is 2. The maximum absolute atomic E-state index is 12.2. The van der Waals surface area contributed by atoms with Crippen LogP contribution in [0.1, 0.15) is 52.5 Å². The number of hydrogen-bond donors (Lipinski definition) is 2. The van der Waals surface area contributed by atoms with Crippen LogP contribution in [0.5, 0.6) is 0 Å². The Kier molecular flexibility index (Phi) is 4.98. The van der Waals surface area contributed by atoms with Crippen LogP contribution in [0.15, 0.2) is 24.5 Å². The van der Waals surface area contributed by atoms with E-state index in [1.165, 1.54) is 0 Å². The predicted molar refractivity (Wildman–Crippen MR) is 87.6 cm³/mol. The van der Waals surface area contributed by atoms with Crippen molar-refractivity contribution in [3.8, 4) is 0 Å². The number of amides is 1. The summed E-state index contributed by atoms with van der Waals surface area (Å²) in [5.41, 5.74) is 10.8. The highest BCUT2D eigenvalue weighted by molar-refractivity contribution is 5.93. The van der Waals surface area contributed by atoms with Crippen molar-refractivity contribution < 1.29 is 4.79 Å². The van der Waals surface area contributed by atoms with Crippen molar-refractivity contribution in [3.63, 3.8) is 0 Å². The molecule has 0 spiro atoms. The van der Waals surface area contributed by atoms with Gasteiger partial charge in [0.2, 0.25) is 0 Å². The first-order chi connectivity index (χ1) is 10.4. The van der Waals surface area contributed by atoms with Crippen molar-refractivity contribution in [2.24, 2.45) is 5.73 Å². The zero-order chi connectivity index (χ0) is 16.3. The van der Waals surface area contributed by atoms with Gasteiger partial charge >= 0.3 is 0 Å². The molecular formula is C17H24N4O. The van der Waals surface area contributed by atoms with E-state index in [0.29, 0.717) is 18.7 Å². The molecule has 2 rings (SSSR count). The van der Waals surface area contributed by atoms with Crippen LogP contribution in [0.25, 0.3) is 0 Å². The Bertz CT molecular complexity index is 650. The maximum Gasteiger partial charge on any atom is 0.254 e. The van der Waals surface area contributed by atoms with Crippen molar-refractivity contribution in [1.82, 2.24) is 15.1 Å². The molecule has 1 aromatic heterocycles. The highest BCUT2D eigenvalue weighted by Crippen LogP contribution is 2.16. The molecule has 0 saturated heterocycles. The van der Waals surface area contributed by atoms with Gasteiger partial charge in [0.1, 0.15) is 0 Å². The van der Waals surface area contributed by atoms with Gasteiger partial charge in [0.25, 0.3) is 5.91 Å². The minimum atomic E-state index is -0.103. The molecule has 2 aromatic rings. The highest BCUT2D eigenvalue weighted by Gasteiger charge is 2.11. The van der Waals surface area contributed by atoms with Gasteiger partial charge in [-0.1, -0.05) is 12.1 Å². The van der Waals surface area contributed by atoms with Crippen LogP contribution in [-0.4, -0.2) is 15.7 Å². The van der Waals surface area contributed by atoms with Gasteiger partial charge in [0, 0.05) is 25.3 Å². The Morgan fingerprint density at radius 1 is 1.32 bits per heavy atom. The fourth-order valence-electron chi connectivity index (χ4n) is 2.49. The van der Waals surface area contributed by atoms with Crippen LogP contribution >= 0.6 is 0 Å². The number of aryl methyl sites for hydroxylation is 2. The van der Waals surface area contributed by atoms with E-state index in [1.54, 1.807) is 17.1 Å². The van der Waals surface area contributed by atoms with Gasteiger partial charge < -0.3 is 11.1 Å². The Morgan fingerprint density at radius 3 is 2.45 bits per heavy atom. The fraction of sp³-hybridized carbons (Fsp3) is 0.412. The Morgan fingerprint density at radius 2 is 1.95 bits per heavy atom. The van der Waals surface area contributed by atoms with Gasteiger partial charge in [-0.25, -0.2) is 0 Å². The molecule has 0 saturated carbocycles. The average molecular weight is 300 g/mol. The summed E-state index contributed by atoms with van der Waals surface area (Å²) in [5, 5.41) is 7.15. The Labute approximate surface area is 131 Å². The summed E-state index contributed by atoms with van der Waals surface area (Å²) in [6.07, 6.45) is 3.38. The second-order valence-corrected chi connectivity index (χ2v) is 5.90. The topological polar surface area (TPSA) is 72.9 Å². The van der Waals surface area contributed by atoms with Crippen molar-refractivity contribution in [2.75, 3.05) is 0 Å². The Hall–Kier alpha value is -2.14. The maximum atomic E-state index is 12.2. The van der Waals surface area contributed by atoms with Crippen LogP contribution in [0.4, 0.5) is 0 Å². The number of nitrogens with zero attached hydrogens (tertiary/aromatic N) is 2. The summed E-state index contributed by atoms with van der Waals surface area (Å²) in [6, 6.07) is 4.39. The molecule has 0 aliphatic rings. The van der Waals surface area contributed by atoms with E-state index >= 15 is 0 Å². The quantitative estimate of drug-likeness (QED) is 0.891. The third kappa shape index (κ3) is 3.54. The molecule has 0 aliphatic heterocycles. The lowest BCUT2D eigenvalue weighted by atomic mass is 9.99. The normalized spacial score (nSPS) is 11.0. The zero-order valence-electron chi connectivity index (χ0n) is 13.7. The van der Waals surface area contributed by atoms with E-state index in [-0.39, 0.29) is 11.9 Å². The molecule has 3 N–H and O–H groups in total. The molecule has 0 aliphatic carbocycles. The summed E-state index contributed by atoms with van der Waals surface area (Å²) in [4.78, 5) is 12.2. The van der Waals surface area contributed by atoms with Crippen molar-refractivity contribution in [3.05, 3.63) is 52.3 Å². The molecule has 1 aromatic carbocycles. The highest BCUT2D eigenvalue weighted by atomic mass is 16.1. The van der Waals surface area contributed by atoms with E-state index < -0.39 is 0 Å². The molecule has 22 heavy (non-hydrogen) atoms. The van der Waals surface area contributed by atoms with Crippen molar-refractivity contribution in [1.29, 1.82) is 0 Å². The number of carbonyl (C=O) groups excluding carboxylic acids is 1. The number of rotatable bonds is 5. The largest absolute Gasteiger partial charge is 0.348 e. The molecule has 5 heteroatoms. The lowest BCUT2D eigenvalue weighted by molar-refractivity contribution is 0.0950. The first kappa shape index (κ1) is 16.2. The summed E-state index contributed by atoms with van der Waals surface area (Å²) in [6.45, 7) is 9.19. The molecule has 1 heterocycles. The van der Waals surface area contributed by atoms with E-state index in [1.807, 2.05) is 27.7 Å². The van der Waals surface area contributed by atoms with Crippen LogP contribution in [-0.2, 0) is 13.1 Å². The van der Waals surface area contributed by atoms with Crippen LogP contribution in [0, 0.1) is 13.8 Å². The van der Waals surface area contributed by atoms with Gasteiger partial charge in [-0.05, 0) is 49.9 Å². The van der Waals surface area contributed by atoms with Crippen molar-refractivity contribution in [2.45, 2.75) is 46.8 Å². The van der Waals surface area contributed by atoms with E-state index in [2.05, 4.69) is 22.5 Å². The monoisotopic (exact) mass is 300 g/mol.